The first kappa shape index (κ1) is 20.3. The molecule has 0 bridgehead atoms. The highest BCUT2D eigenvalue weighted by Gasteiger charge is 2.33. The van der Waals surface area contributed by atoms with Crippen molar-refractivity contribution in [1.82, 2.24) is 24.5 Å². The molecule has 1 amide bonds. The van der Waals surface area contributed by atoms with Gasteiger partial charge < -0.3 is 5.32 Å². The number of benzene rings is 2. The number of para-hydroxylation sites is 1. The van der Waals surface area contributed by atoms with E-state index in [1.807, 2.05) is 19.1 Å². The molecule has 11 heteroatoms. The number of nitrogens with zero attached hydrogens (tertiary/aromatic N) is 5. The molecule has 0 spiro atoms. The summed E-state index contributed by atoms with van der Waals surface area (Å²) in [5.74, 6) is -0.814. The van der Waals surface area contributed by atoms with Crippen LogP contribution in [-0.2, 0) is 17.5 Å². The van der Waals surface area contributed by atoms with Crippen LogP contribution >= 0.6 is 0 Å². The van der Waals surface area contributed by atoms with Gasteiger partial charge in [-0.05, 0) is 31.2 Å². The van der Waals surface area contributed by atoms with E-state index in [9.17, 15) is 22.8 Å². The Morgan fingerprint density at radius 2 is 1.81 bits per heavy atom. The number of nitrogens with one attached hydrogen (secondary N) is 1. The summed E-state index contributed by atoms with van der Waals surface area (Å²) in [7, 11) is 0. The molecule has 0 aliphatic carbocycles. The number of carbonyl (C=O) groups is 1. The normalized spacial score (nSPS) is 11.6. The van der Waals surface area contributed by atoms with E-state index in [2.05, 4.69) is 20.6 Å². The van der Waals surface area contributed by atoms with Crippen molar-refractivity contribution in [2.45, 2.75) is 19.6 Å². The lowest BCUT2D eigenvalue weighted by atomic mass is 10.1. The van der Waals surface area contributed by atoms with Gasteiger partial charge in [0.25, 0.3) is 5.56 Å². The van der Waals surface area contributed by atoms with Crippen LogP contribution in [0.4, 0.5) is 18.9 Å². The molecular formula is C20H15F3N6O2. The molecule has 158 valence electrons. The molecule has 4 rings (SSSR count). The Labute approximate surface area is 173 Å². The highest BCUT2D eigenvalue weighted by atomic mass is 19.4. The van der Waals surface area contributed by atoms with E-state index in [1.54, 1.807) is 12.1 Å². The Balaban J connectivity index is 1.60. The molecule has 0 fully saturated rings. The number of rotatable bonds is 4. The van der Waals surface area contributed by atoms with Crippen molar-refractivity contribution in [3.05, 3.63) is 76.3 Å². The Kier molecular flexibility index (Phi) is 5.01. The van der Waals surface area contributed by atoms with Crippen molar-refractivity contribution in [3.63, 3.8) is 0 Å². The fourth-order valence-electron chi connectivity index (χ4n) is 3.00. The fraction of sp³-hybridized carbons (Fsp3) is 0.150. The van der Waals surface area contributed by atoms with Crippen LogP contribution in [0.2, 0.25) is 0 Å². The van der Waals surface area contributed by atoms with Crippen LogP contribution in [0.3, 0.4) is 0 Å². The lowest BCUT2D eigenvalue weighted by molar-refractivity contribution is -0.137. The van der Waals surface area contributed by atoms with Gasteiger partial charge in [0.1, 0.15) is 12.9 Å². The van der Waals surface area contributed by atoms with Crippen LogP contribution in [0, 0.1) is 6.92 Å². The van der Waals surface area contributed by atoms with Crippen LogP contribution in [0.5, 0.6) is 0 Å². The van der Waals surface area contributed by atoms with Gasteiger partial charge in [0.05, 0.1) is 16.9 Å². The van der Waals surface area contributed by atoms with Crippen LogP contribution in [-0.4, -0.2) is 30.5 Å². The molecule has 8 nitrogen and oxygen atoms in total. The third kappa shape index (κ3) is 4.02. The van der Waals surface area contributed by atoms with Crippen LogP contribution < -0.4 is 10.9 Å². The second-order valence-corrected chi connectivity index (χ2v) is 6.78. The summed E-state index contributed by atoms with van der Waals surface area (Å²) in [6.45, 7) is 1.39. The van der Waals surface area contributed by atoms with Gasteiger partial charge >= 0.3 is 6.18 Å². The topological polar surface area (TPSA) is 94.7 Å². The van der Waals surface area contributed by atoms with E-state index in [4.69, 9.17) is 0 Å². The predicted octanol–water partition coefficient (Wildman–Crippen LogP) is 2.94. The first-order valence-corrected chi connectivity index (χ1v) is 9.08. The Hall–Kier alpha value is -4.02. The summed E-state index contributed by atoms with van der Waals surface area (Å²) >= 11 is 0. The van der Waals surface area contributed by atoms with E-state index in [1.165, 1.54) is 16.8 Å². The lowest BCUT2D eigenvalue weighted by Crippen LogP contribution is -2.28. The summed E-state index contributed by atoms with van der Waals surface area (Å²) in [4.78, 5) is 29.1. The van der Waals surface area contributed by atoms with Crippen molar-refractivity contribution in [2.75, 3.05) is 5.32 Å². The second-order valence-electron chi connectivity index (χ2n) is 6.78. The zero-order chi connectivity index (χ0) is 22.2. The maximum absolute atomic E-state index is 13.1. The quantitative estimate of drug-likeness (QED) is 0.539. The van der Waals surface area contributed by atoms with E-state index in [-0.39, 0.29) is 11.2 Å². The molecule has 31 heavy (non-hydrogen) atoms. The minimum Gasteiger partial charge on any atom is -0.324 e. The highest BCUT2D eigenvalue weighted by Crippen LogP contribution is 2.34. The molecule has 0 aliphatic heterocycles. The van der Waals surface area contributed by atoms with E-state index in [0.717, 1.165) is 28.6 Å². The molecule has 0 aliphatic rings. The average molecular weight is 428 g/mol. The lowest BCUT2D eigenvalue weighted by Gasteiger charge is -2.13. The van der Waals surface area contributed by atoms with Crippen LogP contribution in [0.1, 0.15) is 11.1 Å². The monoisotopic (exact) mass is 428 g/mol. The zero-order valence-corrected chi connectivity index (χ0v) is 16.1. The number of alkyl halides is 3. The number of halogens is 3. The second kappa shape index (κ2) is 7.67. The standard InChI is InChI=1S/C20H15F3N6O2/c1-12-6-8-13(9-7-12)29-18-17(26-27-29)19(31)28(11-24-18)10-16(30)25-15-5-3-2-4-14(15)20(21,22)23/h2-9,11H,10H2,1H3,(H,25,30). The van der Waals surface area contributed by atoms with E-state index in [0.29, 0.717) is 5.69 Å². The molecule has 2 aromatic heterocycles. The van der Waals surface area contributed by atoms with Crippen molar-refractivity contribution in [1.29, 1.82) is 0 Å². The van der Waals surface area contributed by atoms with Gasteiger partial charge in [-0.1, -0.05) is 35.0 Å². The zero-order valence-electron chi connectivity index (χ0n) is 16.1. The Bertz CT molecular complexity index is 1330. The van der Waals surface area contributed by atoms with Crippen molar-refractivity contribution < 1.29 is 18.0 Å². The first-order valence-electron chi connectivity index (χ1n) is 9.08. The van der Waals surface area contributed by atoms with E-state index >= 15 is 0 Å². The van der Waals surface area contributed by atoms with Gasteiger partial charge in [0, 0.05) is 0 Å². The van der Waals surface area contributed by atoms with Crippen molar-refractivity contribution in [3.8, 4) is 5.69 Å². The molecule has 2 aromatic carbocycles. The molecule has 0 saturated heterocycles. The summed E-state index contributed by atoms with van der Waals surface area (Å²) < 4.78 is 41.6. The van der Waals surface area contributed by atoms with Gasteiger partial charge in [0.15, 0.2) is 11.2 Å². The average Bonchev–Trinajstić information content (AvgIpc) is 3.15. The molecule has 0 saturated carbocycles. The molecule has 0 unspecified atom stereocenters. The third-order valence-corrected chi connectivity index (χ3v) is 4.53. The van der Waals surface area contributed by atoms with Gasteiger partial charge in [0.2, 0.25) is 5.91 Å². The largest absolute Gasteiger partial charge is 0.418 e. The molecular weight excluding hydrogens is 413 g/mol. The van der Waals surface area contributed by atoms with Gasteiger partial charge in [-0.3, -0.25) is 14.2 Å². The third-order valence-electron chi connectivity index (χ3n) is 4.53. The molecule has 2 heterocycles. The number of carbonyl (C=O) groups excluding carboxylic acids is 1. The number of anilines is 1. The van der Waals surface area contributed by atoms with Crippen LogP contribution in [0.25, 0.3) is 16.9 Å². The molecule has 0 atom stereocenters. The van der Waals surface area contributed by atoms with Gasteiger partial charge in [-0.15, -0.1) is 5.10 Å². The summed E-state index contributed by atoms with van der Waals surface area (Å²) in [6.07, 6.45) is -3.50. The maximum Gasteiger partial charge on any atom is 0.418 e. The Morgan fingerprint density at radius 1 is 1.10 bits per heavy atom. The minimum atomic E-state index is -4.63. The number of hydrogen-bond donors (Lipinski definition) is 1. The number of amides is 1. The van der Waals surface area contributed by atoms with Gasteiger partial charge in [-0.2, -0.15) is 17.9 Å². The smallest absolute Gasteiger partial charge is 0.324 e. The number of aryl methyl sites for hydroxylation is 1. The highest BCUT2D eigenvalue weighted by molar-refractivity contribution is 5.91. The summed E-state index contributed by atoms with van der Waals surface area (Å²) in [5.41, 5.74) is -0.180. The SMILES string of the molecule is Cc1ccc(-n2nnc3c(=O)n(CC(=O)Nc4ccccc4C(F)(F)F)cnc32)cc1. The van der Waals surface area contributed by atoms with Crippen molar-refractivity contribution >= 4 is 22.8 Å². The predicted molar refractivity (Wildman–Crippen MR) is 106 cm³/mol. The fourth-order valence-corrected chi connectivity index (χ4v) is 3.00. The van der Waals surface area contributed by atoms with Crippen molar-refractivity contribution in [2.24, 2.45) is 0 Å². The number of hydrogen-bond acceptors (Lipinski definition) is 5. The number of aromatic nitrogens is 5. The molecule has 1 N–H and O–H groups in total. The summed E-state index contributed by atoms with van der Waals surface area (Å²) in [6, 6.07) is 11.9. The first-order chi connectivity index (χ1) is 14.7. The minimum absolute atomic E-state index is 0.0634. The van der Waals surface area contributed by atoms with Gasteiger partial charge in [-0.25, -0.2) is 4.98 Å². The van der Waals surface area contributed by atoms with Crippen LogP contribution in [0.15, 0.2) is 59.7 Å². The van der Waals surface area contributed by atoms with E-state index < -0.39 is 35.4 Å². The summed E-state index contributed by atoms with van der Waals surface area (Å²) in [5, 5.41) is 9.99. The molecule has 4 aromatic rings. The maximum atomic E-state index is 13.1. The number of fused-ring (bicyclic) bond motifs is 1. The Morgan fingerprint density at radius 3 is 2.52 bits per heavy atom. The molecule has 0 radical (unpaired) electrons.